The summed E-state index contributed by atoms with van der Waals surface area (Å²) in [5.41, 5.74) is 9.93. The molecule has 0 aliphatic heterocycles. The lowest BCUT2D eigenvalue weighted by Crippen LogP contribution is -2.34. The van der Waals surface area contributed by atoms with E-state index in [1.165, 1.54) is 55.4 Å². The Morgan fingerprint density at radius 2 is 0.880 bits per heavy atom. The van der Waals surface area contributed by atoms with Crippen molar-refractivity contribution in [2.24, 2.45) is 0 Å². The summed E-state index contributed by atoms with van der Waals surface area (Å²) in [7, 11) is 12.3. The fourth-order valence-corrected chi connectivity index (χ4v) is 8.29. The van der Waals surface area contributed by atoms with Crippen LogP contribution >= 0.6 is 21.6 Å². The van der Waals surface area contributed by atoms with Gasteiger partial charge in [0.25, 0.3) is 0 Å². The second kappa shape index (κ2) is 17.4. The van der Waals surface area contributed by atoms with Crippen LogP contribution in [0.3, 0.4) is 0 Å². The van der Waals surface area contributed by atoms with Crippen molar-refractivity contribution in [2.75, 3.05) is 49.5 Å². The number of rotatable bonds is 15. The summed E-state index contributed by atoms with van der Waals surface area (Å²) in [4.78, 5) is 4.25. The summed E-state index contributed by atoms with van der Waals surface area (Å²) >= 11 is 0. The number of nitrogens with zero attached hydrogens (tertiary/aromatic N) is 4. The predicted octanol–water partition coefficient (Wildman–Crippen LogP) is 9.90. The molecule has 0 fully saturated rings. The zero-order valence-corrected chi connectivity index (χ0v) is 31.3. The Balaban J connectivity index is 0.970. The van der Waals surface area contributed by atoms with Gasteiger partial charge in [-0.25, -0.2) is 0 Å². The summed E-state index contributed by atoms with van der Waals surface area (Å²) < 4.78 is 4.82. The maximum Gasteiger partial charge on any atom is 0.213 e. The summed E-state index contributed by atoms with van der Waals surface area (Å²) in [6.07, 6.45) is 15.7. The van der Waals surface area contributed by atoms with E-state index in [1.54, 1.807) is 0 Å². The standard InChI is InChI=1S/C44H48N4S2/c1-45(2)39-23-17-35(18-24-39)15-21-37-27-31-47(43-13-7-5-11-41(37)43)29-9-33-49-50-34-10-30-48-32-28-38(42-12-6-8-14-44(42)48)22-16-36-19-25-40(26-20-36)46(3)4/h5-8,11-28,31-32H,9-10,29-30,33-34H2,1-4H3/q+2. The van der Waals surface area contributed by atoms with Crippen molar-refractivity contribution >= 4 is 79.1 Å². The molecule has 6 heteroatoms. The van der Waals surface area contributed by atoms with Gasteiger partial charge in [0, 0.05) is 88.2 Å². The Morgan fingerprint density at radius 3 is 1.28 bits per heavy atom. The first-order chi connectivity index (χ1) is 24.5. The first-order valence-electron chi connectivity index (χ1n) is 17.4. The Hall–Kier alpha value is -4.52. The van der Waals surface area contributed by atoms with E-state index in [0.717, 1.165) is 37.4 Å². The van der Waals surface area contributed by atoms with Crippen LogP contribution in [0.5, 0.6) is 0 Å². The first kappa shape index (κ1) is 35.3. The Morgan fingerprint density at radius 1 is 0.480 bits per heavy atom. The van der Waals surface area contributed by atoms with E-state index in [0.29, 0.717) is 0 Å². The third kappa shape index (κ3) is 9.17. The number of benzene rings is 4. The fourth-order valence-electron chi connectivity index (χ4n) is 6.14. The number of hydrogen-bond acceptors (Lipinski definition) is 4. The van der Waals surface area contributed by atoms with Crippen LogP contribution in [0.2, 0.25) is 0 Å². The highest BCUT2D eigenvalue weighted by Crippen LogP contribution is 2.24. The number of aryl methyl sites for hydroxylation is 2. The normalized spacial score (nSPS) is 11.7. The quantitative estimate of drug-likeness (QED) is 0.0603. The van der Waals surface area contributed by atoms with E-state index < -0.39 is 0 Å². The molecule has 2 heterocycles. The monoisotopic (exact) mass is 696 g/mol. The second-order valence-corrected chi connectivity index (χ2v) is 15.7. The molecule has 0 atom stereocenters. The molecule has 0 radical (unpaired) electrons. The van der Waals surface area contributed by atoms with Gasteiger partial charge in [0.2, 0.25) is 11.0 Å². The molecule has 6 rings (SSSR count). The molecular weight excluding hydrogens is 649 g/mol. The van der Waals surface area contributed by atoms with Crippen LogP contribution in [-0.4, -0.2) is 39.7 Å². The highest BCUT2D eigenvalue weighted by Gasteiger charge is 2.13. The maximum absolute atomic E-state index is 2.41. The fraction of sp³-hybridized carbons (Fsp3) is 0.227. The van der Waals surface area contributed by atoms with Gasteiger partial charge in [-0.05, 0) is 58.7 Å². The van der Waals surface area contributed by atoms with Gasteiger partial charge in [0.15, 0.2) is 12.4 Å². The van der Waals surface area contributed by atoms with E-state index in [4.69, 9.17) is 0 Å². The van der Waals surface area contributed by atoms with Crippen LogP contribution < -0.4 is 18.9 Å². The largest absolute Gasteiger partial charge is 0.378 e. The van der Waals surface area contributed by atoms with Crippen LogP contribution in [0.25, 0.3) is 46.1 Å². The predicted molar refractivity (Wildman–Crippen MR) is 222 cm³/mol. The molecule has 254 valence electrons. The average molecular weight is 697 g/mol. The van der Waals surface area contributed by atoms with Crippen molar-refractivity contribution in [3.8, 4) is 0 Å². The van der Waals surface area contributed by atoms with Crippen molar-refractivity contribution < 1.29 is 9.13 Å². The number of anilines is 2. The minimum absolute atomic E-state index is 1.02. The second-order valence-electron chi connectivity index (χ2n) is 13.0. The minimum atomic E-state index is 1.02. The number of para-hydroxylation sites is 2. The lowest BCUT2D eigenvalue weighted by molar-refractivity contribution is -0.671. The summed E-state index contributed by atoms with van der Waals surface area (Å²) in [5, 5.41) is 2.59. The van der Waals surface area contributed by atoms with Crippen LogP contribution in [0.4, 0.5) is 11.4 Å². The third-order valence-electron chi connectivity index (χ3n) is 8.98. The molecule has 0 bridgehead atoms. The van der Waals surface area contributed by atoms with Gasteiger partial charge in [-0.15, -0.1) is 0 Å². The third-order valence-corrected chi connectivity index (χ3v) is 11.6. The van der Waals surface area contributed by atoms with Gasteiger partial charge < -0.3 is 9.80 Å². The number of hydrogen-bond donors (Lipinski definition) is 0. The molecule has 4 aromatic carbocycles. The SMILES string of the molecule is CN(C)c1ccc(/C=C/c2cc[n+](CCCSSCCC[n+]3ccc(/C=C/c4ccc(N(C)C)cc4)c4ccccc43)c3ccccc23)cc1. The van der Waals surface area contributed by atoms with Crippen molar-refractivity contribution in [3.05, 3.63) is 144 Å². The number of aromatic nitrogens is 2. The molecule has 2 aromatic heterocycles. The first-order valence-corrected chi connectivity index (χ1v) is 19.9. The molecule has 0 saturated carbocycles. The van der Waals surface area contributed by atoms with Crippen molar-refractivity contribution in [2.45, 2.75) is 25.9 Å². The molecule has 0 unspecified atom stereocenters. The summed E-state index contributed by atoms with van der Waals surface area (Å²) in [6.45, 7) is 2.04. The van der Waals surface area contributed by atoms with E-state index in [9.17, 15) is 0 Å². The number of pyridine rings is 2. The number of fused-ring (bicyclic) bond motifs is 2. The highest BCUT2D eigenvalue weighted by molar-refractivity contribution is 8.76. The smallest absolute Gasteiger partial charge is 0.213 e. The lowest BCUT2D eigenvalue weighted by atomic mass is 10.1. The Kier molecular flexibility index (Phi) is 12.3. The van der Waals surface area contributed by atoms with Crippen LogP contribution in [0, 0.1) is 0 Å². The van der Waals surface area contributed by atoms with Crippen molar-refractivity contribution in [3.63, 3.8) is 0 Å². The zero-order valence-electron chi connectivity index (χ0n) is 29.7. The van der Waals surface area contributed by atoms with Gasteiger partial charge in [-0.2, -0.15) is 9.13 Å². The molecule has 0 aliphatic carbocycles. The van der Waals surface area contributed by atoms with Crippen LogP contribution in [0.1, 0.15) is 35.1 Å². The van der Waals surface area contributed by atoms with Crippen LogP contribution in [-0.2, 0) is 13.1 Å². The Bertz CT molecular complexity index is 1920. The molecule has 0 N–H and O–H groups in total. The van der Waals surface area contributed by atoms with Crippen molar-refractivity contribution in [1.29, 1.82) is 0 Å². The molecule has 0 aliphatic rings. The van der Waals surface area contributed by atoms with Crippen LogP contribution in [0.15, 0.2) is 122 Å². The highest BCUT2D eigenvalue weighted by atomic mass is 33.1. The van der Waals surface area contributed by atoms with E-state index in [1.807, 2.05) is 21.6 Å². The van der Waals surface area contributed by atoms with E-state index in [2.05, 4.69) is 193 Å². The van der Waals surface area contributed by atoms with Gasteiger partial charge in [-0.3, -0.25) is 0 Å². The minimum Gasteiger partial charge on any atom is -0.378 e. The van der Waals surface area contributed by atoms with E-state index in [-0.39, 0.29) is 0 Å². The molecular formula is C44H48N4S2+2. The molecule has 4 nitrogen and oxygen atoms in total. The molecule has 0 spiro atoms. The maximum atomic E-state index is 2.41. The van der Waals surface area contributed by atoms with Crippen molar-refractivity contribution in [1.82, 2.24) is 0 Å². The van der Waals surface area contributed by atoms with E-state index >= 15 is 0 Å². The zero-order chi connectivity index (χ0) is 34.7. The summed E-state index contributed by atoms with van der Waals surface area (Å²) in [6, 6.07) is 39.4. The summed E-state index contributed by atoms with van der Waals surface area (Å²) in [5.74, 6) is 2.29. The van der Waals surface area contributed by atoms with Gasteiger partial charge in [0.1, 0.15) is 13.1 Å². The lowest BCUT2D eigenvalue weighted by Gasteiger charge is -2.11. The Labute approximate surface area is 306 Å². The molecule has 0 saturated heterocycles. The van der Waals surface area contributed by atoms with Gasteiger partial charge in [-0.1, -0.05) is 94.4 Å². The molecule has 6 aromatic rings. The molecule has 50 heavy (non-hydrogen) atoms. The van der Waals surface area contributed by atoms with Gasteiger partial charge in [0.05, 0.1) is 10.8 Å². The molecule has 0 amide bonds. The van der Waals surface area contributed by atoms with Gasteiger partial charge >= 0.3 is 0 Å². The topological polar surface area (TPSA) is 14.2 Å². The average Bonchev–Trinajstić information content (AvgIpc) is 3.15.